The molecular formula is C17H16ClF3N2O2S. The highest BCUT2D eigenvalue weighted by Crippen LogP contribution is 2.42. The van der Waals surface area contributed by atoms with Gasteiger partial charge in [0.15, 0.2) is 0 Å². The first-order valence-corrected chi connectivity index (χ1v) is 9.74. The van der Waals surface area contributed by atoms with Gasteiger partial charge in [-0.3, -0.25) is 0 Å². The standard InChI is InChI=1S/C17H16ClF3N2O2S/c18-12-4-6-13(7-5-12)26(24,25)15-3-1-2-14(16(15)17(19,20)21)23-10-8-22-9-11-23/h1-7,22H,8-11H2. The van der Waals surface area contributed by atoms with Crippen molar-refractivity contribution in [1.29, 1.82) is 0 Å². The number of sulfone groups is 1. The van der Waals surface area contributed by atoms with E-state index in [9.17, 15) is 21.6 Å². The Morgan fingerprint density at radius 3 is 2.19 bits per heavy atom. The number of nitrogens with one attached hydrogen (secondary N) is 1. The predicted octanol–water partition coefficient (Wildman–Crippen LogP) is 3.60. The van der Waals surface area contributed by atoms with E-state index in [1.807, 2.05) is 0 Å². The molecule has 9 heteroatoms. The van der Waals surface area contributed by atoms with Gasteiger partial charge in [-0.05, 0) is 36.4 Å². The molecule has 0 atom stereocenters. The van der Waals surface area contributed by atoms with Gasteiger partial charge in [-0.15, -0.1) is 0 Å². The Morgan fingerprint density at radius 1 is 1.00 bits per heavy atom. The second-order valence-electron chi connectivity index (χ2n) is 5.84. The number of nitrogens with zero attached hydrogens (tertiary/aromatic N) is 1. The van der Waals surface area contributed by atoms with Crippen molar-refractivity contribution < 1.29 is 21.6 Å². The Hall–Kier alpha value is -1.77. The SMILES string of the molecule is O=S(=O)(c1ccc(Cl)cc1)c1cccc(N2CCNCC2)c1C(F)(F)F. The molecule has 1 aliphatic rings. The van der Waals surface area contributed by atoms with Gasteiger partial charge in [-0.25, -0.2) is 8.42 Å². The Bertz CT molecular complexity index is 893. The first-order chi connectivity index (χ1) is 12.2. The number of anilines is 1. The fourth-order valence-electron chi connectivity index (χ4n) is 2.94. The van der Waals surface area contributed by atoms with E-state index in [0.717, 1.165) is 6.07 Å². The maximum atomic E-state index is 13.8. The minimum atomic E-state index is -4.81. The molecule has 1 N–H and O–H groups in total. The van der Waals surface area contributed by atoms with Crippen molar-refractivity contribution in [1.82, 2.24) is 5.32 Å². The van der Waals surface area contributed by atoms with Crippen LogP contribution in [0.1, 0.15) is 5.56 Å². The van der Waals surface area contributed by atoms with Gasteiger partial charge in [0.2, 0.25) is 9.84 Å². The van der Waals surface area contributed by atoms with Gasteiger partial charge in [-0.1, -0.05) is 17.7 Å². The molecule has 0 aliphatic carbocycles. The van der Waals surface area contributed by atoms with E-state index in [1.165, 1.54) is 36.4 Å². The van der Waals surface area contributed by atoms with E-state index in [4.69, 9.17) is 11.6 Å². The fourth-order valence-corrected chi connectivity index (χ4v) is 4.56. The van der Waals surface area contributed by atoms with Crippen LogP contribution in [0.4, 0.5) is 18.9 Å². The highest BCUT2D eigenvalue weighted by Gasteiger charge is 2.41. The smallest absolute Gasteiger partial charge is 0.368 e. The van der Waals surface area contributed by atoms with Gasteiger partial charge in [0.25, 0.3) is 0 Å². The van der Waals surface area contributed by atoms with Crippen molar-refractivity contribution in [2.45, 2.75) is 16.0 Å². The molecule has 1 heterocycles. The minimum Gasteiger partial charge on any atom is -0.368 e. The number of hydrogen-bond donors (Lipinski definition) is 1. The van der Waals surface area contributed by atoms with E-state index in [0.29, 0.717) is 31.2 Å². The second-order valence-corrected chi connectivity index (χ2v) is 8.20. The van der Waals surface area contributed by atoms with Crippen LogP contribution in [0.3, 0.4) is 0 Å². The first-order valence-electron chi connectivity index (χ1n) is 7.88. The van der Waals surface area contributed by atoms with Crippen LogP contribution in [0.2, 0.25) is 5.02 Å². The lowest BCUT2D eigenvalue weighted by atomic mass is 10.1. The largest absolute Gasteiger partial charge is 0.419 e. The molecular weight excluding hydrogens is 389 g/mol. The normalized spacial score (nSPS) is 15.9. The van der Waals surface area contributed by atoms with Crippen molar-refractivity contribution in [3.8, 4) is 0 Å². The average molecular weight is 405 g/mol. The van der Waals surface area contributed by atoms with Gasteiger partial charge >= 0.3 is 6.18 Å². The Balaban J connectivity index is 2.19. The molecule has 0 spiro atoms. The predicted molar refractivity (Wildman–Crippen MR) is 93.4 cm³/mol. The van der Waals surface area contributed by atoms with E-state index < -0.39 is 26.5 Å². The minimum absolute atomic E-state index is 0.117. The molecule has 1 saturated heterocycles. The lowest BCUT2D eigenvalue weighted by molar-refractivity contribution is -0.139. The molecule has 0 aromatic heterocycles. The molecule has 4 nitrogen and oxygen atoms in total. The molecule has 0 bridgehead atoms. The zero-order chi connectivity index (χ0) is 18.9. The van der Waals surface area contributed by atoms with Crippen LogP contribution in [0.25, 0.3) is 0 Å². The van der Waals surface area contributed by atoms with Crippen LogP contribution in [-0.2, 0) is 16.0 Å². The third-order valence-corrected chi connectivity index (χ3v) is 6.22. The number of benzene rings is 2. The Labute approximate surface area is 154 Å². The molecule has 1 aliphatic heterocycles. The molecule has 3 rings (SSSR count). The summed E-state index contributed by atoms with van der Waals surface area (Å²) in [5.41, 5.74) is -1.24. The topological polar surface area (TPSA) is 49.4 Å². The molecule has 140 valence electrons. The summed E-state index contributed by atoms with van der Waals surface area (Å²) in [4.78, 5) is 0.577. The van der Waals surface area contributed by atoms with Gasteiger partial charge < -0.3 is 10.2 Å². The van der Waals surface area contributed by atoms with E-state index in [1.54, 1.807) is 4.90 Å². The molecule has 2 aromatic rings. The highest BCUT2D eigenvalue weighted by molar-refractivity contribution is 7.91. The van der Waals surface area contributed by atoms with E-state index in [2.05, 4.69) is 5.32 Å². The van der Waals surface area contributed by atoms with Crippen LogP contribution in [0, 0.1) is 0 Å². The summed E-state index contributed by atoms with van der Waals surface area (Å²) in [6.07, 6.45) is -4.81. The Kier molecular flexibility index (Phi) is 5.18. The maximum absolute atomic E-state index is 13.8. The summed E-state index contributed by atoms with van der Waals surface area (Å²) in [5, 5.41) is 3.37. The molecule has 2 aromatic carbocycles. The number of alkyl halides is 3. The second kappa shape index (κ2) is 7.09. The molecule has 26 heavy (non-hydrogen) atoms. The van der Waals surface area contributed by atoms with Gasteiger partial charge in [0.05, 0.1) is 21.0 Å². The lowest BCUT2D eigenvalue weighted by Gasteiger charge is -2.32. The Morgan fingerprint density at radius 2 is 1.62 bits per heavy atom. The monoisotopic (exact) mass is 404 g/mol. The first kappa shape index (κ1) is 19.0. The molecule has 0 radical (unpaired) electrons. The van der Waals surface area contributed by atoms with Gasteiger partial charge in [0.1, 0.15) is 0 Å². The number of piperazine rings is 1. The summed E-state index contributed by atoms with van der Waals surface area (Å²) < 4.78 is 67.3. The molecule has 1 fully saturated rings. The average Bonchev–Trinajstić information content (AvgIpc) is 2.61. The van der Waals surface area contributed by atoms with Crippen molar-refractivity contribution in [3.05, 3.63) is 53.1 Å². The van der Waals surface area contributed by atoms with Crippen molar-refractivity contribution in [2.24, 2.45) is 0 Å². The molecule has 0 saturated carbocycles. The van der Waals surface area contributed by atoms with Crippen LogP contribution >= 0.6 is 11.6 Å². The third-order valence-electron chi connectivity index (χ3n) is 4.16. The van der Waals surface area contributed by atoms with Crippen molar-refractivity contribution >= 4 is 27.1 Å². The number of hydrogen-bond acceptors (Lipinski definition) is 4. The summed E-state index contributed by atoms with van der Waals surface area (Å²) in [7, 11) is -4.35. The fraction of sp³-hybridized carbons (Fsp3) is 0.294. The number of rotatable bonds is 3. The lowest BCUT2D eigenvalue weighted by Crippen LogP contribution is -2.44. The highest BCUT2D eigenvalue weighted by atomic mass is 35.5. The van der Waals surface area contributed by atoms with Crippen molar-refractivity contribution in [2.75, 3.05) is 31.1 Å². The summed E-state index contributed by atoms with van der Waals surface area (Å²) in [5.74, 6) is 0. The quantitative estimate of drug-likeness (QED) is 0.849. The van der Waals surface area contributed by atoms with Crippen LogP contribution in [0.15, 0.2) is 52.3 Å². The zero-order valence-electron chi connectivity index (χ0n) is 13.6. The third kappa shape index (κ3) is 3.67. The van der Waals surface area contributed by atoms with Crippen LogP contribution in [0.5, 0.6) is 0 Å². The summed E-state index contributed by atoms with van der Waals surface area (Å²) >= 11 is 5.75. The summed E-state index contributed by atoms with van der Waals surface area (Å²) in [6, 6.07) is 8.73. The zero-order valence-corrected chi connectivity index (χ0v) is 15.1. The van der Waals surface area contributed by atoms with E-state index in [-0.39, 0.29) is 10.6 Å². The molecule has 0 amide bonds. The number of halogens is 4. The van der Waals surface area contributed by atoms with Crippen LogP contribution in [-0.4, -0.2) is 34.6 Å². The van der Waals surface area contributed by atoms with Crippen LogP contribution < -0.4 is 10.2 Å². The van der Waals surface area contributed by atoms with Gasteiger partial charge in [-0.2, -0.15) is 13.2 Å². The maximum Gasteiger partial charge on any atom is 0.419 e. The summed E-state index contributed by atoms with van der Waals surface area (Å²) in [6.45, 7) is 1.80. The molecule has 0 unspecified atom stereocenters. The van der Waals surface area contributed by atoms with Crippen molar-refractivity contribution in [3.63, 3.8) is 0 Å². The van der Waals surface area contributed by atoms with E-state index >= 15 is 0 Å². The van der Waals surface area contributed by atoms with Gasteiger partial charge in [0, 0.05) is 31.2 Å².